The zero-order valence-electron chi connectivity index (χ0n) is 24.6. The molecular weight excluding hydrogens is 558 g/mol. The van der Waals surface area contributed by atoms with E-state index in [1.54, 1.807) is 14.0 Å². The van der Waals surface area contributed by atoms with Gasteiger partial charge in [-0.05, 0) is 69.0 Å². The third-order valence-electron chi connectivity index (χ3n) is 9.47. The fourth-order valence-corrected chi connectivity index (χ4v) is 9.10. The van der Waals surface area contributed by atoms with E-state index in [9.17, 15) is 20.0 Å². The molecule has 0 radical (unpaired) electrons. The number of nitrogens with zero attached hydrogens (tertiary/aromatic N) is 3. The molecule has 2 aromatic rings. The Morgan fingerprint density at radius 3 is 2.62 bits per heavy atom. The Labute approximate surface area is 249 Å². The molecule has 42 heavy (non-hydrogen) atoms. The Hall–Kier alpha value is -3.46. The number of likely N-dealkylation sites (N-methyl/N-ethyl adjacent to an activating group) is 1. The Balaban J connectivity index is 1.68. The first-order valence-corrected chi connectivity index (χ1v) is 15.1. The van der Waals surface area contributed by atoms with Gasteiger partial charge in [0.2, 0.25) is 6.79 Å². The van der Waals surface area contributed by atoms with Gasteiger partial charge in [-0.25, -0.2) is 0 Å². The van der Waals surface area contributed by atoms with Crippen LogP contribution in [0.3, 0.4) is 0 Å². The molecule has 11 heteroatoms. The highest BCUT2D eigenvalue weighted by molar-refractivity contribution is 8.00. The van der Waals surface area contributed by atoms with Gasteiger partial charge in [-0.1, -0.05) is 6.07 Å². The number of hydrogen-bond acceptors (Lipinski definition) is 11. The molecule has 0 aromatic heterocycles. The summed E-state index contributed by atoms with van der Waals surface area (Å²) < 4.78 is 23.1. The molecule has 6 atom stereocenters. The van der Waals surface area contributed by atoms with E-state index in [0.717, 1.165) is 38.9 Å². The topological polar surface area (TPSA) is 122 Å². The van der Waals surface area contributed by atoms with Crippen LogP contribution in [0.25, 0.3) is 0 Å². The van der Waals surface area contributed by atoms with Crippen molar-refractivity contribution in [1.29, 1.82) is 5.26 Å². The number of ketones is 1. The number of fused-ring (bicyclic) bond motifs is 9. The molecule has 6 rings (SSSR count). The summed E-state index contributed by atoms with van der Waals surface area (Å²) in [7, 11) is 3.55. The van der Waals surface area contributed by atoms with Gasteiger partial charge in [0.1, 0.15) is 18.4 Å². The van der Waals surface area contributed by atoms with Crippen LogP contribution in [-0.2, 0) is 20.7 Å². The molecule has 0 aliphatic carbocycles. The zero-order chi connectivity index (χ0) is 30.0. The van der Waals surface area contributed by atoms with Crippen LogP contribution in [0.5, 0.6) is 23.0 Å². The molecule has 10 nitrogen and oxygen atoms in total. The fraction of sp³-hybridized carbons (Fsp3) is 0.516. The number of Topliss-reactive ketones (excluding diaryl/α,β-unsaturated/α-hetero) is 1. The molecule has 1 N–H and O–H groups in total. The van der Waals surface area contributed by atoms with E-state index in [2.05, 4.69) is 21.9 Å². The van der Waals surface area contributed by atoms with Gasteiger partial charge in [0.25, 0.3) is 6.47 Å². The van der Waals surface area contributed by atoms with Crippen LogP contribution in [0.1, 0.15) is 63.2 Å². The summed E-state index contributed by atoms with van der Waals surface area (Å²) in [6, 6.07) is 2.63. The van der Waals surface area contributed by atoms with Gasteiger partial charge in [0, 0.05) is 28.5 Å². The number of ether oxygens (including phenoxy) is 4. The summed E-state index contributed by atoms with van der Waals surface area (Å²) in [5.74, 6) is 2.08. The molecule has 4 aliphatic heterocycles. The quantitative estimate of drug-likeness (QED) is 0.472. The van der Waals surface area contributed by atoms with Crippen molar-refractivity contribution in [2.75, 3.05) is 33.3 Å². The van der Waals surface area contributed by atoms with E-state index >= 15 is 0 Å². The Morgan fingerprint density at radius 1 is 1.21 bits per heavy atom. The molecule has 4 heterocycles. The maximum absolute atomic E-state index is 12.4. The van der Waals surface area contributed by atoms with Crippen LogP contribution in [0, 0.1) is 32.1 Å². The summed E-state index contributed by atoms with van der Waals surface area (Å²) in [6.45, 7) is 8.02. The van der Waals surface area contributed by atoms with Crippen molar-refractivity contribution in [1.82, 2.24) is 9.80 Å². The summed E-state index contributed by atoms with van der Waals surface area (Å²) in [5, 5.41) is 22.2. The standard InChI is InChI=1S/C31H35N3O7S/c1-14-7-18-8-19-20(9-32)34-21(10-39-12-35)24-22(16(3)17(4)29-30(24)41-13-40-29)31(42-11-15(2)36)26(34)25(33(19)5)23(18)27(37)28(14)38-6/h7,12,19-21,25-26,31,37H,8,10-11,13H2,1-6H3/t19-,20-,21-,25+,26+,31+/m0/s1. The van der Waals surface area contributed by atoms with Crippen LogP contribution in [0.4, 0.5) is 0 Å². The molecule has 2 bridgehead atoms. The number of piperazine rings is 1. The molecule has 0 saturated carbocycles. The van der Waals surface area contributed by atoms with E-state index in [1.165, 1.54) is 11.8 Å². The lowest BCUT2D eigenvalue weighted by Crippen LogP contribution is -2.69. The van der Waals surface area contributed by atoms with Gasteiger partial charge >= 0.3 is 0 Å². The Kier molecular flexibility index (Phi) is 7.28. The maximum atomic E-state index is 12.4. The normalized spacial score (nSPS) is 27.4. The molecule has 0 spiro atoms. The van der Waals surface area contributed by atoms with Crippen LogP contribution in [0.15, 0.2) is 6.07 Å². The number of carbonyl (C=O) groups excluding carboxylic acids is 2. The number of carbonyl (C=O) groups is 2. The number of aryl methyl sites for hydroxylation is 1. The number of rotatable bonds is 7. The van der Waals surface area contributed by atoms with E-state index in [1.807, 2.05) is 27.8 Å². The molecular formula is C31H35N3O7S. The van der Waals surface area contributed by atoms with Crippen molar-refractivity contribution < 1.29 is 33.6 Å². The molecule has 0 unspecified atom stereocenters. The summed E-state index contributed by atoms with van der Waals surface area (Å²) in [6.07, 6.45) is 0.548. The minimum absolute atomic E-state index is 0.00673. The number of aromatic hydroxyl groups is 1. The maximum Gasteiger partial charge on any atom is 0.293 e. The first kappa shape index (κ1) is 28.6. The largest absolute Gasteiger partial charge is 0.504 e. The minimum Gasteiger partial charge on any atom is -0.504 e. The van der Waals surface area contributed by atoms with Gasteiger partial charge in [-0.2, -0.15) is 5.26 Å². The molecule has 0 amide bonds. The number of thioether (sulfide) groups is 1. The highest BCUT2D eigenvalue weighted by Crippen LogP contribution is 2.62. The monoisotopic (exact) mass is 593 g/mol. The van der Waals surface area contributed by atoms with Crippen molar-refractivity contribution in [3.63, 3.8) is 0 Å². The Morgan fingerprint density at radius 2 is 1.95 bits per heavy atom. The highest BCUT2D eigenvalue weighted by atomic mass is 32.2. The number of methoxy groups -OCH3 is 1. The second-order valence-corrected chi connectivity index (χ2v) is 12.7. The summed E-state index contributed by atoms with van der Waals surface area (Å²) in [4.78, 5) is 28.3. The van der Waals surface area contributed by atoms with Crippen molar-refractivity contribution in [3.05, 3.63) is 45.0 Å². The SMILES string of the molecule is COc1c(C)cc2c(c1O)[C@@H]1[C@@H]3[C@H](SCC(C)=O)c4c(C)c(C)c5c(c4[C@H](COC=O)N3[C@@H](C#N)[C@H](C2)N1C)OCO5. The molecule has 2 aromatic carbocycles. The van der Waals surface area contributed by atoms with E-state index in [-0.39, 0.29) is 54.1 Å². The van der Waals surface area contributed by atoms with Crippen molar-refractivity contribution in [3.8, 4) is 29.1 Å². The average molecular weight is 594 g/mol. The zero-order valence-corrected chi connectivity index (χ0v) is 25.4. The van der Waals surface area contributed by atoms with Gasteiger partial charge < -0.3 is 24.1 Å². The first-order valence-electron chi connectivity index (χ1n) is 14.0. The first-order chi connectivity index (χ1) is 20.2. The number of hydrogen-bond donors (Lipinski definition) is 1. The third-order valence-corrected chi connectivity index (χ3v) is 10.9. The number of phenolic OH excluding ortho intramolecular Hbond substituents is 1. The third kappa shape index (κ3) is 3.99. The van der Waals surface area contributed by atoms with Gasteiger partial charge in [0.05, 0.1) is 31.0 Å². The molecule has 222 valence electrons. The number of phenols is 1. The highest BCUT2D eigenvalue weighted by Gasteiger charge is 2.59. The average Bonchev–Trinajstić information content (AvgIpc) is 3.44. The second kappa shape index (κ2) is 10.7. The van der Waals surface area contributed by atoms with Crippen LogP contribution in [-0.4, -0.2) is 78.6 Å². The minimum atomic E-state index is -0.581. The van der Waals surface area contributed by atoms with Crippen LogP contribution in [0.2, 0.25) is 0 Å². The summed E-state index contributed by atoms with van der Waals surface area (Å²) in [5.41, 5.74) is 6.36. The van der Waals surface area contributed by atoms with Crippen molar-refractivity contribution in [2.45, 2.75) is 69.6 Å². The van der Waals surface area contributed by atoms with E-state index in [0.29, 0.717) is 30.1 Å². The van der Waals surface area contributed by atoms with Crippen molar-refractivity contribution >= 4 is 24.0 Å². The van der Waals surface area contributed by atoms with E-state index in [4.69, 9.17) is 18.9 Å². The number of nitriles is 1. The molecule has 1 fully saturated rings. The predicted octanol–water partition coefficient (Wildman–Crippen LogP) is 3.82. The lowest BCUT2D eigenvalue weighted by molar-refractivity contribution is -0.134. The molecule has 1 saturated heterocycles. The van der Waals surface area contributed by atoms with Gasteiger partial charge in [0.15, 0.2) is 23.0 Å². The van der Waals surface area contributed by atoms with Gasteiger partial charge in [-0.3, -0.25) is 19.4 Å². The van der Waals surface area contributed by atoms with Crippen LogP contribution < -0.4 is 14.2 Å². The van der Waals surface area contributed by atoms with Crippen molar-refractivity contribution in [2.24, 2.45) is 0 Å². The van der Waals surface area contributed by atoms with Crippen LogP contribution >= 0.6 is 11.8 Å². The van der Waals surface area contributed by atoms with Gasteiger partial charge in [-0.15, -0.1) is 11.8 Å². The van der Waals surface area contributed by atoms with E-state index < -0.39 is 12.1 Å². The second-order valence-electron chi connectivity index (χ2n) is 11.6. The lowest BCUT2D eigenvalue weighted by atomic mass is 9.71. The molecule has 4 aliphatic rings. The Bertz CT molecular complexity index is 1520. The lowest BCUT2D eigenvalue weighted by Gasteiger charge is -2.61. The smallest absolute Gasteiger partial charge is 0.293 e. The number of benzene rings is 2. The summed E-state index contributed by atoms with van der Waals surface area (Å²) >= 11 is 1.53. The fourth-order valence-electron chi connectivity index (χ4n) is 7.73. The predicted molar refractivity (Wildman–Crippen MR) is 155 cm³/mol.